The Kier molecular flexibility index (Phi) is 6.38. The molecule has 0 saturated heterocycles. The highest BCUT2D eigenvalue weighted by Gasteiger charge is 2.07. The van der Waals surface area contributed by atoms with Gasteiger partial charge < -0.3 is 0 Å². The highest BCUT2D eigenvalue weighted by Crippen LogP contribution is 2.28. The molecule has 0 aliphatic rings. The maximum absolute atomic E-state index is 12.9. The molecule has 132 valence electrons. The molecule has 0 spiro atoms. The number of hydrogen-bond acceptors (Lipinski definition) is 5. The number of nitrogens with one attached hydrogen (secondary N) is 1. The molecule has 0 atom stereocenters. The van der Waals surface area contributed by atoms with E-state index >= 15 is 0 Å². The molecule has 0 aliphatic heterocycles. The summed E-state index contributed by atoms with van der Waals surface area (Å²) >= 11 is 8.80. The molecule has 26 heavy (non-hydrogen) atoms. The van der Waals surface area contributed by atoms with Crippen molar-refractivity contribution in [2.75, 3.05) is 5.32 Å². The normalized spacial score (nSPS) is 11.0. The summed E-state index contributed by atoms with van der Waals surface area (Å²) in [4.78, 5) is 12.0. The van der Waals surface area contributed by atoms with Crippen LogP contribution < -0.4 is 5.32 Å². The number of nitrogens with zero attached hydrogens (tertiary/aromatic N) is 2. The van der Waals surface area contributed by atoms with E-state index in [-0.39, 0.29) is 11.7 Å². The highest BCUT2D eigenvalue weighted by molar-refractivity contribution is 8.00. The Balaban J connectivity index is 1.53. The van der Waals surface area contributed by atoms with Crippen LogP contribution in [0.4, 0.5) is 9.52 Å². The Labute approximate surface area is 163 Å². The van der Waals surface area contributed by atoms with Gasteiger partial charge in [-0.2, -0.15) is 0 Å². The summed E-state index contributed by atoms with van der Waals surface area (Å²) in [6, 6.07) is 13.6. The zero-order valence-corrected chi connectivity index (χ0v) is 15.7. The molecule has 1 amide bonds. The smallest absolute Gasteiger partial charge is 0.250 e. The largest absolute Gasteiger partial charge is 0.297 e. The number of thioether (sulfide) groups is 1. The van der Waals surface area contributed by atoms with E-state index < -0.39 is 0 Å². The van der Waals surface area contributed by atoms with Gasteiger partial charge in [-0.1, -0.05) is 65.0 Å². The van der Waals surface area contributed by atoms with Crippen LogP contribution in [-0.4, -0.2) is 16.1 Å². The van der Waals surface area contributed by atoms with Crippen molar-refractivity contribution >= 4 is 51.8 Å². The molecule has 1 aromatic heterocycles. The minimum absolute atomic E-state index is 0.260. The van der Waals surface area contributed by atoms with Gasteiger partial charge in [0.05, 0.1) is 0 Å². The van der Waals surface area contributed by atoms with Gasteiger partial charge in [-0.25, -0.2) is 4.39 Å². The predicted molar refractivity (Wildman–Crippen MR) is 105 cm³/mol. The molecule has 1 N–H and O–H groups in total. The number of amides is 1. The maximum Gasteiger partial charge on any atom is 0.250 e. The number of carbonyl (C=O) groups is 1. The van der Waals surface area contributed by atoms with Gasteiger partial charge >= 0.3 is 0 Å². The van der Waals surface area contributed by atoms with Crippen molar-refractivity contribution in [3.8, 4) is 0 Å². The van der Waals surface area contributed by atoms with E-state index in [4.69, 9.17) is 11.6 Å². The molecule has 0 bridgehead atoms. The fourth-order valence-corrected chi connectivity index (χ4v) is 3.88. The minimum Gasteiger partial charge on any atom is -0.297 e. The van der Waals surface area contributed by atoms with Crippen LogP contribution in [0.25, 0.3) is 6.08 Å². The van der Waals surface area contributed by atoms with E-state index in [1.807, 2.05) is 18.2 Å². The number of carbonyl (C=O) groups excluding carboxylic acids is 1. The quantitative estimate of drug-likeness (QED) is 0.344. The van der Waals surface area contributed by atoms with Gasteiger partial charge in [0, 0.05) is 16.9 Å². The van der Waals surface area contributed by atoms with E-state index in [1.165, 1.54) is 41.3 Å². The zero-order valence-electron chi connectivity index (χ0n) is 13.4. The average molecular weight is 406 g/mol. The topological polar surface area (TPSA) is 54.9 Å². The Hall–Kier alpha value is -2.22. The first kappa shape index (κ1) is 18.6. The van der Waals surface area contributed by atoms with Crippen molar-refractivity contribution < 1.29 is 9.18 Å². The number of hydrogen-bond donors (Lipinski definition) is 1. The second-order valence-corrected chi connectivity index (χ2v) is 7.74. The van der Waals surface area contributed by atoms with Crippen LogP contribution in [0.1, 0.15) is 11.1 Å². The second kappa shape index (κ2) is 8.93. The number of halogens is 2. The first-order valence-electron chi connectivity index (χ1n) is 7.54. The Morgan fingerprint density at radius 1 is 1.19 bits per heavy atom. The van der Waals surface area contributed by atoms with Crippen molar-refractivity contribution in [2.45, 2.75) is 10.1 Å². The van der Waals surface area contributed by atoms with Crippen LogP contribution in [-0.2, 0) is 10.5 Å². The van der Waals surface area contributed by atoms with Crippen LogP contribution in [0.2, 0.25) is 5.02 Å². The molecule has 1 heterocycles. The monoisotopic (exact) mass is 405 g/mol. The lowest BCUT2D eigenvalue weighted by atomic mass is 10.2. The van der Waals surface area contributed by atoms with Crippen molar-refractivity contribution in [3.63, 3.8) is 0 Å². The van der Waals surface area contributed by atoms with E-state index in [0.717, 1.165) is 15.5 Å². The summed E-state index contributed by atoms with van der Waals surface area (Å²) in [5, 5.41) is 11.6. The van der Waals surface area contributed by atoms with Crippen LogP contribution >= 0.6 is 34.7 Å². The lowest BCUT2D eigenvalue weighted by Gasteiger charge is -1.98. The van der Waals surface area contributed by atoms with E-state index in [2.05, 4.69) is 15.5 Å². The van der Waals surface area contributed by atoms with Gasteiger partial charge in [0.2, 0.25) is 11.0 Å². The maximum atomic E-state index is 12.9. The third-order valence-corrected chi connectivity index (χ3v) is 5.62. The van der Waals surface area contributed by atoms with Crippen molar-refractivity contribution in [1.29, 1.82) is 0 Å². The summed E-state index contributed by atoms with van der Waals surface area (Å²) in [6.07, 6.45) is 3.04. The zero-order chi connectivity index (χ0) is 18.4. The third kappa shape index (κ3) is 5.39. The summed E-state index contributed by atoms with van der Waals surface area (Å²) in [5.41, 5.74) is 1.75. The standard InChI is InChI=1S/C18H13ClFN3OS2/c19-15-4-2-1-3-13(15)7-10-16(24)21-17-22-23-18(26-17)25-11-12-5-8-14(20)9-6-12/h1-10H,11H2,(H,21,22,24). The molecule has 0 radical (unpaired) electrons. The average Bonchev–Trinajstić information content (AvgIpc) is 3.08. The van der Waals surface area contributed by atoms with Crippen molar-refractivity contribution in [2.24, 2.45) is 0 Å². The van der Waals surface area contributed by atoms with Crippen molar-refractivity contribution in [3.05, 3.63) is 76.6 Å². The number of benzene rings is 2. The first-order chi connectivity index (χ1) is 12.6. The molecular formula is C18H13ClFN3OS2. The number of anilines is 1. The second-order valence-electron chi connectivity index (χ2n) is 5.13. The molecule has 0 unspecified atom stereocenters. The molecule has 2 aromatic carbocycles. The predicted octanol–water partition coefficient (Wildman–Crippen LogP) is 5.27. The van der Waals surface area contributed by atoms with Gasteiger partial charge in [-0.05, 0) is 35.4 Å². The molecule has 3 rings (SSSR count). The van der Waals surface area contributed by atoms with Gasteiger partial charge in [-0.15, -0.1) is 10.2 Å². The SMILES string of the molecule is O=C(C=Cc1ccccc1Cl)Nc1nnc(SCc2ccc(F)cc2)s1. The van der Waals surface area contributed by atoms with Gasteiger partial charge in [-0.3, -0.25) is 10.1 Å². The van der Waals surface area contributed by atoms with Gasteiger partial charge in [0.1, 0.15) is 5.82 Å². The fraction of sp³-hybridized carbons (Fsp3) is 0.0556. The minimum atomic E-state index is -0.309. The Morgan fingerprint density at radius 3 is 2.73 bits per heavy atom. The fourth-order valence-electron chi connectivity index (χ4n) is 1.97. The molecule has 8 heteroatoms. The molecule has 0 aliphatic carbocycles. The van der Waals surface area contributed by atoms with Gasteiger partial charge in [0.25, 0.3) is 0 Å². The third-order valence-electron chi connectivity index (χ3n) is 3.23. The van der Waals surface area contributed by atoms with E-state index in [1.54, 1.807) is 24.3 Å². The summed E-state index contributed by atoms with van der Waals surface area (Å²) in [6.45, 7) is 0. The Bertz CT molecular complexity index is 928. The van der Waals surface area contributed by atoms with Crippen LogP contribution in [0.15, 0.2) is 58.9 Å². The number of aromatic nitrogens is 2. The lowest BCUT2D eigenvalue weighted by Crippen LogP contribution is -2.07. The molecule has 0 fully saturated rings. The summed E-state index contributed by atoms with van der Waals surface area (Å²) < 4.78 is 13.6. The van der Waals surface area contributed by atoms with Crippen LogP contribution in [0.3, 0.4) is 0 Å². The molecule has 4 nitrogen and oxygen atoms in total. The first-order valence-corrected chi connectivity index (χ1v) is 9.72. The van der Waals surface area contributed by atoms with E-state index in [0.29, 0.717) is 15.9 Å². The van der Waals surface area contributed by atoms with Gasteiger partial charge in [0.15, 0.2) is 4.34 Å². The van der Waals surface area contributed by atoms with Crippen molar-refractivity contribution in [1.82, 2.24) is 10.2 Å². The Morgan fingerprint density at radius 2 is 1.96 bits per heavy atom. The lowest BCUT2D eigenvalue weighted by molar-refractivity contribution is -0.111. The molecule has 3 aromatic rings. The van der Waals surface area contributed by atoms with Crippen LogP contribution in [0.5, 0.6) is 0 Å². The van der Waals surface area contributed by atoms with E-state index in [9.17, 15) is 9.18 Å². The summed E-state index contributed by atoms with van der Waals surface area (Å²) in [5.74, 6) is 0.0793. The number of rotatable bonds is 6. The molecular weight excluding hydrogens is 393 g/mol. The highest BCUT2D eigenvalue weighted by atomic mass is 35.5. The van der Waals surface area contributed by atoms with Crippen LogP contribution in [0, 0.1) is 5.82 Å². The summed E-state index contributed by atoms with van der Waals surface area (Å²) in [7, 11) is 0. The molecule has 0 saturated carbocycles.